The summed E-state index contributed by atoms with van der Waals surface area (Å²) in [6.45, 7) is -3.59. The molecule has 102 valence electrons. The van der Waals surface area contributed by atoms with Crippen molar-refractivity contribution in [1.29, 1.82) is 0 Å². The monoisotopic (exact) mass is 323 g/mol. The first-order chi connectivity index (χ1) is 8.47. The van der Waals surface area contributed by atoms with Crippen LogP contribution in [0.5, 0.6) is 0 Å². The zero-order chi connectivity index (χ0) is 13.4. The lowest BCUT2D eigenvalue weighted by molar-refractivity contribution is 0.117. The third kappa shape index (κ3) is 7.77. The molecule has 0 radical (unpaired) electrons. The molecule has 1 aromatic rings. The maximum Gasteiger partial charge on any atom is 0.478 e. The molecule has 0 heterocycles. The number of unbranched alkanes of at least 4 members (excludes halogenated alkanes) is 2. The highest BCUT2D eigenvalue weighted by Gasteiger charge is 2.21. The summed E-state index contributed by atoms with van der Waals surface area (Å²) in [6.07, 6.45) is 0.835. The number of ether oxygens (including phenoxy) is 1. The fraction of sp³-hybridized carbons (Fsp3) is 0.500. The Morgan fingerprint density at radius 3 is 2.28 bits per heavy atom. The van der Waals surface area contributed by atoms with E-state index in [1.807, 2.05) is 24.3 Å². The largest absolute Gasteiger partial charge is 0.478 e. The van der Waals surface area contributed by atoms with Crippen molar-refractivity contribution in [2.24, 2.45) is 0 Å². The Morgan fingerprint density at radius 2 is 1.67 bits per heavy atom. The van der Waals surface area contributed by atoms with Gasteiger partial charge in [-0.2, -0.15) is 0 Å². The maximum absolute atomic E-state index is 11.9. The quantitative estimate of drug-likeness (QED) is 0.484. The molecule has 1 rings (SSSR count). The zero-order valence-electron chi connectivity index (χ0n) is 10.0. The van der Waals surface area contributed by atoms with Gasteiger partial charge in [0.25, 0.3) is 0 Å². The Labute approximate surface area is 114 Å². The van der Waals surface area contributed by atoms with E-state index in [4.69, 9.17) is 4.74 Å². The standard InChI is InChI=1S/C12H16BBrF3O/c14-12-6-4-11(5-7-12)10-18-9-3-1-2-8-13(15,16)17/h4-7H,1-3,8-10H2/q-1. The van der Waals surface area contributed by atoms with Crippen LogP contribution in [0.2, 0.25) is 6.32 Å². The van der Waals surface area contributed by atoms with Crippen molar-refractivity contribution in [3.63, 3.8) is 0 Å². The van der Waals surface area contributed by atoms with E-state index in [9.17, 15) is 12.9 Å². The summed E-state index contributed by atoms with van der Waals surface area (Å²) >= 11 is 3.34. The summed E-state index contributed by atoms with van der Waals surface area (Å²) in [5.41, 5.74) is 1.07. The molecule has 0 unspecified atom stereocenters. The Balaban J connectivity index is 2.00. The molecule has 0 saturated carbocycles. The van der Waals surface area contributed by atoms with Crippen molar-refractivity contribution < 1.29 is 17.7 Å². The lowest BCUT2D eigenvalue weighted by Crippen LogP contribution is -2.13. The predicted octanol–water partition coefficient (Wildman–Crippen LogP) is 4.98. The molecule has 1 aromatic carbocycles. The van der Waals surface area contributed by atoms with Gasteiger partial charge in [0, 0.05) is 11.1 Å². The van der Waals surface area contributed by atoms with Gasteiger partial charge in [0.1, 0.15) is 0 Å². The van der Waals surface area contributed by atoms with Crippen molar-refractivity contribution in [2.45, 2.75) is 32.2 Å². The molecule has 0 spiro atoms. The molecule has 0 aliphatic carbocycles. The highest BCUT2D eigenvalue weighted by Crippen LogP contribution is 2.18. The Bertz CT molecular complexity index is 340. The average molecular weight is 324 g/mol. The molecule has 0 aromatic heterocycles. The summed E-state index contributed by atoms with van der Waals surface area (Å²) < 4.78 is 42.2. The summed E-state index contributed by atoms with van der Waals surface area (Å²) in [6, 6.07) is 7.78. The molecule has 18 heavy (non-hydrogen) atoms. The lowest BCUT2D eigenvalue weighted by Gasteiger charge is -2.12. The van der Waals surface area contributed by atoms with E-state index in [1.54, 1.807) is 0 Å². The summed E-state index contributed by atoms with van der Waals surface area (Å²) in [7, 11) is 0. The number of halogens is 4. The normalized spacial score (nSPS) is 11.8. The fourth-order valence-corrected chi connectivity index (χ4v) is 1.79. The molecule has 0 N–H and O–H groups in total. The minimum Gasteiger partial charge on any atom is -0.449 e. The van der Waals surface area contributed by atoms with E-state index in [0.29, 0.717) is 26.1 Å². The summed E-state index contributed by atoms with van der Waals surface area (Å²) in [4.78, 5) is 0. The lowest BCUT2D eigenvalue weighted by atomic mass is 9.83. The SMILES string of the molecule is F[B-](F)(F)CCCCCOCc1ccc(Br)cc1. The molecule has 0 saturated heterocycles. The molecular weight excluding hydrogens is 308 g/mol. The van der Waals surface area contributed by atoms with Crippen LogP contribution in [-0.2, 0) is 11.3 Å². The number of rotatable bonds is 8. The molecular formula is C12H16BBrF3O-. The molecule has 0 aliphatic rings. The minimum atomic E-state index is -4.61. The fourth-order valence-electron chi connectivity index (χ4n) is 1.53. The van der Waals surface area contributed by atoms with Crippen LogP contribution < -0.4 is 0 Å². The van der Waals surface area contributed by atoms with Crippen molar-refractivity contribution in [3.8, 4) is 0 Å². The summed E-state index contributed by atoms with van der Waals surface area (Å²) in [5, 5.41) is 0. The van der Waals surface area contributed by atoms with Gasteiger partial charge >= 0.3 is 6.98 Å². The van der Waals surface area contributed by atoms with Gasteiger partial charge in [-0.05, 0) is 24.1 Å². The third-order valence-corrected chi connectivity index (χ3v) is 3.03. The van der Waals surface area contributed by atoms with E-state index in [2.05, 4.69) is 15.9 Å². The van der Waals surface area contributed by atoms with E-state index in [1.165, 1.54) is 0 Å². The van der Waals surface area contributed by atoms with Crippen LogP contribution in [-0.4, -0.2) is 13.6 Å². The molecule has 0 bridgehead atoms. The number of hydrogen-bond donors (Lipinski definition) is 0. The predicted molar refractivity (Wildman–Crippen MR) is 71.5 cm³/mol. The Morgan fingerprint density at radius 1 is 1.00 bits per heavy atom. The van der Waals surface area contributed by atoms with E-state index >= 15 is 0 Å². The Hall–Kier alpha value is -0.485. The van der Waals surface area contributed by atoms with E-state index in [0.717, 1.165) is 10.0 Å². The van der Waals surface area contributed by atoms with Gasteiger partial charge in [-0.1, -0.05) is 47.2 Å². The molecule has 0 atom stereocenters. The van der Waals surface area contributed by atoms with Crippen LogP contribution in [0.25, 0.3) is 0 Å². The topological polar surface area (TPSA) is 9.23 Å². The van der Waals surface area contributed by atoms with Crippen LogP contribution in [0, 0.1) is 0 Å². The van der Waals surface area contributed by atoms with Gasteiger partial charge in [0.15, 0.2) is 0 Å². The van der Waals surface area contributed by atoms with Crippen LogP contribution in [0.4, 0.5) is 12.9 Å². The van der Waals surface area contributed by atoms with Gasteiger partial charge in [0.2, 0.25) is 0 Å². The second kappa shape index (κ2) is 7.84. The summed E-state index contributed by atoms with van der Waals surface area (Å²) in [5.74, 6) is 0. The van der Waals surface area contributed by atoms with Crippen LogP contribution in [0.1, 0.15) is 24.8 Å². The highest BCUT2D eigenvalue weighted by atomic mass is 79.9. The smallest absolute Gasteiger partial charge is 0.449 e. The van der Waals surface area contributed by atoms with Gasteiger partial charge < -0.3 is 17.7 Å². The van der Waals surface area contributed by atoms with Crippen molar-refractivity contribution in [2.75, 3.05) is 6.61 Å². The third-order valence-electron chi connectivity index (χ3n) is 2.50. The van der Waals surface area contributed by atoms with Crippen LogP contribution in [0.3, 0.4) is 0 Å². The second-order valence-corrected chi connectivity index (χ2v) is 5.15. The van der Waals surface area contributed by atoms with Gasteiger partial charge in [0.05, 0.1) is 6.61 Å². The van der Waals surface area contributed by atoms with Gasteiger partial charge in [-0.25, -0.2) is 0 Å². The van der Waals surface area contributed by atoms with Gasteiger partial charge in [-0.3, -0.25) is 0 Å². The van der Waals surface area contributed by atoms with Crippen molar-refractivity contribution in [3.05, 3.63) is 34.3 Å². The van der Waals surface area contributed by atoms with Gasteiger partial charge in [-0.15, -0.1) is 0 Å². The van der Waals surface area contributed by atoms with E-state index < -0.39 is 13.3 Å². The first kappa shape index (κ1) is 15.6. The first-order valence-corrected chi connectivity index (χ1v) is 6.80. The average Bonchev–Trinajstić information content (AvgIpc) is 2.29. The highest BCUT2D eigenvalue weighted by molar-refractivity contribution is 9.10. The van der Waals surface area contributed by atoms with Crippen LogP contribution in [0.15, 0.2) is 28.7 Å². The first-order valence-electron chi connectivity index (χ1n) is 6.00. The number of hydrogen-bond acceptors (Lipinski definition) is 1. The molecule has 0 aliphatic heterocycles. The molecule has 0 fully saturated rings. The molecule has 6 heteroatoms. The molecule has 0 amide bonds. The minimum absolute atomic E-state index is 0.213. The zero-order valence-corrected chi connectivity index (χ0v) is 11.6. The maximum atomic E-state index is 11.9. The molecule has 1 nitrogen and oxygen atoms in total. The van der Waals surface area contributed by atoms with Crippen molar-refractivity contribution >= 4 is 22.9 Å². The van der Waals surface area contributed by atoms with E-state index in [-0.39, 0.29) is 6.42 Å². The second-order valence-electron chi connectivity index (χ2n) is 4.24. The van der Waals surface area contributed by atoms with Crippen LogP contribution >= 0.6 is 15.9 Å². The van der Waals surface area contributed by atoms with Crippen molar-refractivity contribution in [1.82, 2.24) is 0 Å². The Kier molecular flexibility index (Phi) is 6.78. The number of benzene rings is 1.